The lowest BCUT2D eigenvalue weighted by Crippen LogP contribution is -2.20. The Hall–Kier alpha value is -1.04. The summed E-state index contributed by atoms with van der Waals surface area (Å²) >= 11 is 13.2. The molecule has 0 aliphatic rings. The van der Waals surface area contributed by atoms with E-state index in [0.717, 1.165) is 9.21 Å². The maximum Gasteiger partial charge on any atom is 0.287 e. The summed E-state index contributed by atoms with van der Waals surface area (Å²) in [5.74, 6) is 0. The Morgan fingerprint density at radius 3 is 2.88 bits per heavy atom. The first-order valence-corrected chi connectivity index (χ1v) is 6.35. The van der Waals surface area contributed by atoms with Crippen LogP contribution in [0, 0.1) is 0 Å². The molecule has 0 atom stereocenters. The van der Waals surface area contributed by atoms with Gasteiger partial charge < -0.3 is 5.32 Å². The molecule has 0 bridgehead atoms. The molecule has 4 nitrogen and oxygen atoms in total. The standard InChI is InChI=1S/C10H9Cl2N3OS/c1-15-10(16)9(12)7(5-14-15)13-4-6-2-3-8(11)17-6/h2-3,5,13H,4H2,1H3. The van der Waals surface area contributed by atoms with Gasteiger partial charge in [-0.2, -0.15) is 5.10 Å². The molecule has 0 saturated carbocycles. The fraction of sp³-hybridized carbons (Fsp3) is 0.200. The molecule has 0 aromatic carbocycles. The van der Waals surface area contributed by atoms with Crippen LogP contribution in [-0.2, 0) is 13.6 Å². The van der Waals surface area contributed by atoms with E-state index < -0.39 is 0 Å². The van der Waals surface area contributed by atoms with Crippen LogP contribution in [0.5, 0.6) is 0 Å². The van der Waals surface area contributed by atoms with Gasteiger partial charge in [0.2, 0.25) is 0 Å². The highest BCUT2D eigenvalue weighted by molar-refractivity contribution is 7.16. The van der Waals surface area contributed by atoms with Crippen molar-refractivity contribution in [2.45, 2.75) is 6.54 Å². The molecule has 2 rings (SSSR count). The molecule has 7 heteroatoms. The van der Waals surface area contributed by atoms with Gasteiger partial charge in [-0.3, -0.25) is 4.79 Å². The maximum absolute atomic E-state index is 11.5. The van der Waals surface area contributed by atoms with Gasteiger partial charge in [0.15, 0.2) is 0 Å². The number of hydrogen-bond donors (Lipinski definition) is 1. The Morgan fingerprint density at radius 1 is 1.47 bits per heavy atom. The molecule has 2 aromatic heterocycles. The van der Waals surface area contributed by atoms with Gasteiger partial charge in [-0.05, 0) is 12.1 Å². The van der Waals surface area contributed by atoms with E-state index in [9.17, 15) is 4.79 Å². The molecular weight excluding hydrogens is 281 g/mol. The van der Waals surface area contributed by atoms with Gasteiger partial charge >= 0.3 is 0 Å². The molecule has 0 spiro atoms. The molecule has 0 amide bonds. The molecule has 2 heterocycles. The van der Waals surface area contributed by atoms with Crippen LogP contribution >= 0.6 is 34.5 Å². The minimum absolute atomic E-state index is 0.144. The van der Waals surface area contributed by atoms with Crippen LogP contribution in [0.15, 0.2) is 23.1 Å². The fourth-order valence-corrected chi connectivity index (χ4v) is 2.53. The smallest absolute Gasteiger partial charge is 0.287 e. The molecule has 0 aliphatic heterocycles. The van der Waals surface area contributed by atoms with Crippen molar-refractivity contribution in [3.05, 3.63) is 42.9 Å². The molecule has 2 aromatic rings. The molecule has 17 heavy (non-hydrogen) atoms. The number of nitrogens with one attached hydrogen (secondary N) is 1. The van der Waals surface area contributed by atoms with E-state index >= 15 is 0 Å². The Kier molecular flexibility index (Phi) is 3.71. The summed E-state index contributed by atoms with van der Waals surface area (Å²) in [6.45, 7) is 0.561. The summed E-state index contributed by atoms with van der Waals surface area (Å²) in [6.07, 6.45) is 1.53. The molecule has 0 aliphatic carbocycles. The van der Waals surface area contributed by atoms with Crippen LogP contribution in [0.1, 0.15) is 4.88 Å². The number of aromatic nitrogens is 2. The van der Waals surface area contributed by atoms with Gasteiger partial charge in [-0.25, -0.2) is 4.68 Å². The van der Waals surface area contributed by atoms with Crippen molar-refractivity contribution in [3.8, 4) is 0 Å². The Bertz CT molecular complexity index is 593. The van der Waals surface area contributed by atoms with E-state index in [0.29, 0.717) is 12.2 Å². The molecular formula is C10H9Cl2N3OS. The van der Waals surface area contributed by atoms with Crippen LogP contribution in [0.4, 0.5) is 5.69 Å². The number of nitrogens with zero attached hydrogens (tertiary/aromatic N) is 2. The average Bonchev–Trinajstić information content (AvgIpc) is 2.71. The molecule has 0 unspecified atom stereocenters. The maximum atomic E-state index is 11.5. The second-order valence-corrected chi connectivity index (χ2v) is 5.54. The number of thiophene rings is 1. The van der Waals surface area contributed by atoms with E-state index in [1.807, 2.05) is 12.1 Å². The van der Waals surface area contributed by atoms with Crippen LogP contribution in [0.25, 0.3) is 0 Å². The average molecular weight is 290 g/mol. The Labute approximate surface area is 112 Å². The number of aryl methyl sites for hydroxylation is 1. The lowest BCUT2D eigenvalue weighted by atomic mass is 10.4. The first-order valence-electron chi connectivity index (χ1n) is 4.78. The lowest BCUT2D eigenvalue weighted by Gasteiger charge is -2.06. The van der Waals surface area contributed by atoms with E-state index in [4.69, 9.17) is 23.2 Å². The van der Waals surface area contributed by atoms with Crippen molar-refractivity contribution < 1.29 is 0 Å². The topological polar surface area (TPSA) is 46.9 Å². The Morgan fingerprint density at radius 2 is 2.24 bits per heavy atom. The van der Waals surface area contributed by atoms with Crippen LogP contribution in [-0.4, -0.2) is 9.78 Å². The first-order chi connectivity index (χ1) is 8.08. The van der Waals surface area contributed by atoms with Gasteiger partial charge in [0.1, 0.15) is 5.02 Å². The van der Waals surface area contributed by atoms with E-state index in [1.165, 1.54) is 22.2 Å². The third-order valence-corrected chi connectivity index (χ3v) is 3.76. The highest BCUT2D eigenvalue weighted by Crippen LogP contribution is 2.23. The summed E-state index contributed by atoms with van der Waals surface area (Å²) in [5, 5.41) is 7.09. The van der Waals surface area contributed by atoms with Crippen LogP contribution in [0.3, 0.4) is 0 Å². The zero-order chi connectivity index (χ0) is 12.4. The lowest BCUT2D eigenvalue weighted by molar-refractivity contribution is 0.708. The van der Waals surface area contributed by atoms with Crippen molar-refractivity contribution in [2.24, 2.45) is 7.05 Å². The predicted octanol–water partition coefficient (Wildman–Crippen LogP) is 2.76. The molecule has 0 saturated heterocycles. The van der Waals surface area contributed by atoms with Crippen molar-refractivity contribution >= 4 is 40.2 Å². The van der Waals surface area contributed by atoms with Gasteiger partial charge in [0, 0.05) is 18.5 Å². The second kappa shape index (κ2) is 5.08. The zero-order valence-corrected chi connectivity index (χ0v) is 11.2. The minimum Gasteiger partial charge on any atom is -0.377 e. The molecule has 0 radical (unpaired) electrons. The van der Waals surface area contributed by atoms with Crippen LogP contribution in [0.2, 0.25) is 9.36 Å². The molecule has 1 N–H and O–H groups in total. The Balaban J connectivity index is 2.15. The third-order valence-electron chi connectivity index (χ3n) is 2.16. The largest absolute Gasteiger partial charge is 0.377 e. The van der Waals surface area contributed by atoms with Crippen molar-refractivity contribution in [1.82, 2.24) is 9.78 Å². The van der Waals surface area contributed by atoms with Crippen molar-refractivity contribution in [1.29, 1.82) is 0 Å². The zero-order valence-electron chi connectivity index (χ0n) is 8.91. The number of hydrogen-bond acceptors (Lipinski definition) is 4. The summed E-state index contributed by atoms with van der Waals surface area (Å²) < 4.78 is 1.92. The van der Waals surface area contributed by atoms with E-state index in [2.05, 4.69) is 10.4 Å². The number of halogens is 2. The predicted molar refractivity (Wildman–Crippen MR) is 71.1 cm³/mol. The minimum atomic E-state index is -0.319. The quantitative estimate of drug-likeness (QED) is 0.945. The van der Waals surface area contributed by atoms with Gasteiger partial charge in [0.05, 0.1) is 16.2 Å². The van der Waals surface area contributed by atoms with Crippen molar-refractivity contribution in [2.75, 3.05) is 5.32 Å². The monoisotopic (exact) mass is 289 g/mol. The van der Waals surface area contributed by atoms with E-state index in [1.54, 1.807) is 7.05 Å². The van der Waals surface area contributed by atoms with Gasteiger partial charge in [-0.1, -0.05) is 23.2 Å². The van der Waals surface area contributed by atoms with Gasteiger partial charge in [0.25, 0.3) is 5.56 Å². The van der Waals surface area contributed by atoms with E-state index in [-0.39, 0.29) is 10.6 Å². The van der Waals surface area contributed by atoms with Crippen LogP contribution < -0.4 is 10.9 Å². The number of rotatable bonds is 3. The fourth-order valence-electron chi connectivity index (χ4n) is 1.26. The highest BCUT2D eigenvalue weighted by atomic mass is 35.5. The van der Waals surface area contributed by atoms with Crippen molar-refractivity contribution in [3.63, 3.8) is 0 Å². The number of anilines is 1. The highest BCUT2D eigenvalue weighted by Gasteiger charge is 2.07. The normalized spacial score (nSPS) is 10.5. The SMILES string of the molecule is Cn1ncc(NCc2ccc(Cl)s2)c(Cl)c1=O. The van der Waals surface area contributed by atoms with Gasteiger partial charge in [-0.15, -0.1) is 11.3 Å². The summed E-state index contributed by atoms with van der Waals surface area (Å²) in [4.78, 5) is 12.6. The molecule has 90 valence electrons. The summed E-state index contributed by atoms with van der Waals surface area (Å²) in [7, 11) is 1.55. The third kappa shape index (κ3) is 2.80. The molecule has 0 fully saturated rings. The summed E-state index contributed by atoms with van der Waals surface area (Å²) in [6, 6.07) is 3.75. The summed E-state index contributed by atoms with van der Waals surface area (Å²) in [5.41, 5.74) is 0.208. The first kappa shape index (κ1) is 12.4. The second-order valence-electron chi connectivity index (χ2n) is 3.36.